The van der Waals surface area contributed by atoms with Crippen molar-refractivity contribution in [1.29, 1.82) is 0 Å². The van der Waals surface area contributed by atoms with E-state index in [9.17, 15) is 4.79 Å². The predicted molar refractivity (Wildman–Crippen MR) is 79.8 cm³/mol. The Morgan fingerprint density at radius 2 is 1.81 bits per heavy atom. The normalized spacial score (nSPS) is 15.2. The fraction of sp³-hybridized carbons (Fsp3) is 0.375. The molecule has 0 radical (unpaired) electrons. The van der Waals surface area contributed by atoms with Crippen molar-refractivity contribution in [3.63, 3.8) is 0 Å². The van der Waals surface area contributed by atoms with Crippen molar-refractivity contribution in [3.05, 3.63) is 47.3 Å². The molecule has 21 heavy (non-hydrogen) atoms. The van der Waals surface area contributed by atoms with Crippen molar-refractivity contribution in [2.24, 2.45) is 0 Å². The number of carbonyl (C=O) groups is 1. The minimum atomic E-state index is 0.0514. The molecule has 1 aliphatic rings. The van der Waals surface area contributed by atoms with Gasteiger partial charge in [-0.1, -0.05) is 18.2 Å². The molecule has 1 aromatic heterocycles. The highest BCUT2D eigenvalue weighted by Gasteiger charge is 2.25. The number of aromatic nitrogens is 2. The third-order valence-electron chi connectivity index (χ3n) is 3.80. The number of para-hydroxylation sites is 1. The topological polar surface area (TPSA) is 47.4 Å². The van der Waals surface area contributed by atoms with Crippen LogP contribution in [-0.2, 0) is 4.74 Å². The number of amides is 1. The van der Waals surface area contributed by atoms with Crippen molar-refractivity contribution in [3.8, 4) is 5.69 Å². The largest absolute Gasteiger partial charge is 0.378 e. The lowest BCUT2D eigenvalue weighted by Gasteiger charge is -2.26. The van der Waals surface area contributed by atoms with Gasteiger partial charge in [0, 0.05) is 13.1 Å². The number of hydrogen-bond acceptors (Lipinski definition) is 3. The Kier molecular flexibility index (Phi) is 3.75. The van der Waals surface area contributed by atoms with Gasteiger partial charge >= 0.3 is 0 Å². The Morgan fingerprint density at radius 1 is 1.14 bits per heavy atom. The van der Waals surface area contributed by atoms with Crippen LogP contribution in [0.5, 0.6) is 0 Å². The van der Waals surface area contributed by atoms with Gasteiger partial charge in [-0.3, -0.25) is 4.79 Å². The summed E-state index contributed by atoms with van der Waals surface area (Å²) in [4.78, 5) is 14.5. The average molecular weight is 285 g/mol. The summed E-state index contributed by atoms with van der Waals surface area (Å²) in [6.07, 6.45) is 0. The number of aryl methyl sites for hydroxylation is 1. The summed E-state index contributed by atoms with van der Waals surface area (Å²) < 4.78 is 7.14. The van der Waals surface area contributed by atoms with E-state index in [1.54, 1.807) is 0 Å². The number of ether oxygens (including phenoxy) is 1. The fourth-order valence-electron chi connectivity index (χ4n) is 2.70. The zero-order valence-corrected chi connectivity index (χ0v) is 12.4. The zero-order valence-electron chi connectivity index (χ0n) is 12.4. The van der Waals surface area contributed by atoms with E-state index >= 15 is 0 Å². The standard InChI is InChI=1S/C16H19N3O2/c1-12-15(16(20)18-8-10-21-11-9-18)13(2)19(17-12)14-6-4-3-5-7-14/h3-7H,8-11H2,1-2H3. The number of hydrogen-bond donors (Lipinski definition) is 0. The van der Waals surface area contributed by atoms with E-state index < -0.39 is 0 Å². The van der Waals surface area contributed by atoms with E-state index in [2.05, 4.69) is 5.10 Å². The summed E-state index contributed by atoms with van der Waals surface area (Å²) in [5.74, 6) is 0.0514. The van der Waals surface area contributed by atoms with Crippen molar-refractivity contribution < 1.29 is 9.53 Å². The van der Waals surface area contributed by atoms with Gasteiger partial charge in [0.25, 0.3) is 5.91 Å². The van der Waals surface area contributed by atoms with Crippen molar-refractivity contribution in [2.75, 3.05) is 26.3 Å². The Balaban J connectivity index is 1.96. The van der Waals surface area contributed by atoms with E-state index in [-0.39, 0.29) is 5.91 Å². The first-order chi connectivity index (χ1) is 10.2. The second kappa shape index (κ2) is 5.69. The second-order valence-corrected chi connectivity index (χ2v) is 5.20. The third-order valence-corrected chi connectivity index (χ3v) is 3.80. The average Bonchev–Trinajstić information content (AvgIpc) is 2.83. The molecule has 0 N–H and O–H groups in total. The third kappa shape index (κ3) is 2.56. The number of morpholine rings is 1. The highest BCUT2D eigenvalue weighted by molar-refractivity contribution is 5.96. The maximum Gasteiger partial charge on any atom is 0.257 e. The molecule has 1 aromatic carbocycles. The maximum absolute atomic E-state index is 12.7. The number of nitrogens with zero attached hydrogens (tertiary/aromatic N) is 3. The summed E-state index contributed by atoms with van der Waals surface area (Å²) >= 11 is 0. The van der Waals surface area contributed by atoms with Crippen LogP contribution in [-0.4, -0.2) is 46.9 Å². The minimum Gasteiger partial charge on any atom is -0.378 e. The van der Waals surface area contributed by atoms with E-state index in [1.165, 1.54) is 0 Å². The quantitative estimate of drug-likeness (QED) is 0.847. The summed E-state index contributed by atoms with van der Waals surface area (Å²) in [7, 11) is 0. The number of carbonyl (C=O) groups excluding carboxylic acids is 1. The summed E-state index contributed by atoms with van der Waals surface area (Å²) in [5.41, 5.74) is 3.34. The summed E-state index contributed by atoms with van der Waals surface area (Å²) in [6, 6.07) is 9.88. The minimum absolute atomic E-state index is 0.0514. The molecule has 2 aromatic rings. The highest BCUT2D eigenvalue weighted by Crippen LogP contribution is 2.20. The van der Waals surface area contributed by atoms with Gasteiger partial charge in [-0.2, -0.15) is 5.10 Å². The highest BCUT2D eigenvalue weighted by atomic mass is 16.5. The summed E-state index contributed by atoms with van der Waals surface area (Å²) in [6.45, 7) is 6.34. The molecule has 1 aliphatic heterocycles. The van der Waals surface area contributed by atoms with E-state index in [0.717, 1.165) is 17.1 Å². The van der Waals surface area contributed by atoms with Crippen molar-refractivity contribution in [2.45, 2.75) is 13.8 Å². The Hall–Kier alpha value is -2.14. The van der Waals surface area contributed by atoms with Gasteiger partial charge in [-0.15, -0.1) is 0 Å². The molecule has 5 heteroatoms. The van der Waals surface area contributed by atoms with Gasteiger partial charge in [-0.25, -0.2) is 4.68 Å². The fourth-order valence-corrected chi connectivity index (χ4v) is 2.70. The molecular weight excluding hydrogens is 266 g/mol. The predicted octanol–water partition coefficient (Wildman–Crippen LogP) is 1.96. The maximum atomic E-state index is 12.7. The van der Waals surface area contributed by atoms with Gasteiger partial charge < -0.3 is 9.64 Å². The molecule has 0 bridgehead atoms. The second-order valence-electron chi connectivity index (χ2n) is 5.20. The smallest absolute Gasteiger partial charge is 0.257 e. The molecule has 3 rings (SSSR count). The number of rotatable bonds is 2. The van der Waals surface area contributed by atoms with Crippen LogP contribution in [0.4, 0.5) is 0 Å². The van der Waals surface area contributed by atoms with E-state index in [4.69, 9.17) is 4.74 Å². The van der Waals surface area contributed by atoms with Crippen LogP contribution in [0.15, 0.2) is 30.3 Å². The van der Waals surface area contributed by atoms with E-state index in [1.807, 2.05) is 53.8 Å². The SMILES string of the molecule is Cc1nn(-c2ccccc2)c(C)c1C(=O)N1CCOCC1. The molecule has 0 aliphatic carbocycles. The lowest BCUT2D eigenvalue weighted by molar-refractivity contribution is 0.0302. The molecule has 1 amide bonds. The molecule has 0 unspecified atom stereocenters. The summed E-state index contributed by atoms with van der Waals surface area (Å²) in [5, 5.41) is 4.53. The first-order valence-electron chi connectivity index (χ1n) is 7.17. The van der Waals surface area contributed by atoms with Crippen molar-refractivity contribution >= 4 is 5.91 Å². The van der Waals surface area contributed by atoms with Gasteiger partial charge in [0.15, 0.2) is 0 Å². The molecule has 0 saturated carbocycles. The molecule has 2 heterocycles. The van der Waals surface area contributed by atoms with Gasteiger partial charge in [0.1, 0.15) is 0 Å². The number of benzene rings is 1. The van der Waals surface area contributed by atoms with Gasteiger partial charge in [0.05, 0.1) is 35.9 Å². The van der Waals surface area contributed by atoms with Crippen LogP contribution in [0.25, 0.3) is 5.69 Å². The Morgan fingerprint density at radius 3 is 2.48 bits per heavy atom. The monoisotopic (exact) mass is 285 g/mol. The molecule has 1 saturated heterocycles. The molecule has 110 valence electrons. The van der Waals surface area contributed by atoms with Gasteiger partial charge in [0.2, 0.25) is 0 Å². The first kappa shape index (κ1) is 13.8. The van der Waals surface area contributed by atoms with Crippen LogP contribution in [0.3, 0.4) is 0 Å². The Labute approximate surface area is 124 Å². The molecule has 0 atom stereocenters. The lowest BCUT2D eigenvalue weighted by atomic mass is 10.1. The van der Waals surface area contributed by atoms with Crippen LogP contribution in [0.1, 0.15) is 21.7 Å². The Bertz CT molecular complexity index is 643. The van der Waals surface area contributed by atoms with Crippen LogP contribution in [0.2, 0.25) is 0 Å². The molecule has 0 spiro atoms. The molecule has 1 fully saturated rings. The lowest BCUT2D eigenvalue weighted by Crippen LogP contribution is -2.41. The zero-order chi connectivity index (χ0) is 14.8. The first-order valence-corrected chi connectivity index (χ1v) is 7.17. The van der Waals surface area contributed by atoms with E-state index in [0.29, 0.717) is 31.9 Å². The van der Waals surface area contributed by atoms with Gasteiger partial charge in [-0.05, 0) is 26.0 Å². The van der Waals surface area contributed by atoms with Crippen LogP contribution in [0, 0.1) is 13.8 Å². The van der Waals surface area contributed by atoms with Crippen LogP contribution < -0.4 is 0 Å². The molecule has 5 nitrogen and oxygen atoms in total. The molecular formula is C16H19N3O2. The van der Waals surface area contributed by atoms with Crippen molar-refractivity contribution in [1.82, 2.24) is 14.7 Å². The van der Waals surface area contributed by atoms with Crippen LogP contribution >= 0.6 is 0 Å².